The minimum Gasteiger partial charge on any atom is -0.343 e. The number of aromatic nitrogens is 4. The zero-order chi connectivity index (χ0) is 15.6. The predicted molar refractivity (Wildman–Crippen MR) is 84.0 cm³/mol. The van der Waals surface area contributed by atoms with Gasteiger partial charge in [-0.3, -0.25) is 14.3 Å². The fourth-order valence-electron chi connectivity index (χ4n) is 2.35. The summed E-state index contributed by atoms with van der Waals surface area (Å²) in [6, 6.07) is 0. The molecule has 0 aromatic carbocycles. The van der Waals surface area contributed by atoms with Crippen LogP contribution in [0.5, 0.6) is 0 Å². The van der Waals surface area contributed by atoms with Crippen LogP contribution in [0.1, 0.15) is 20.8 Å². The SMILES string of the molecule is CC=CCn1c(N(CC)CC)nc2c1c(=O)[nH]c(=O)n2C. The van der Waals surface area contributed by atoms with Gasteiger partial charge in [-0.05, 0) is 20.8 Å². The number of H-pyrrole nitrogens is 1. The third-order valence-electron chi connectivity index (χ3n) is 3.56. The molecule has 0 aliphatic carbocycles. The zero-order valence-electron chi connectivity index (χ0n) is 12.9. The molecular weight excluding hydrogens is 270 g/mol. The first-order valence-electron chi connectivity index (χ1n) is 7.10. The first-order valence-corrected chi connectivity index (χ1v) is 7.10. The van der Waals surface area contributed by atoms with Crippen LogP contribution in [0.15, 0.2) is 21.7 Å². The molecule has 0 bridgehead atoms. The second-order valence-electron chi connectivity index (χ2n) is 4.75. The molecule has 114 valence electrons. The number of aromatic amines is 1. The molecule has 0 fully saturated rings. The summed E-state index contributed by atoms with van der Waals surface area (Å²) in [7, 11) is 1.61. The molecule has 2 aromatic heterocycles. The van der Waals surface area contributed by atoms with Gasteiger partial charge in [-0.2, -0.15) is 4.98 Å². The van der Waals surface area contributed by atoms with Crippen LogP contribution < -0.4 is 16.1 Å². The molecule has 21 heavy (non-hydrogen) atoms. The monoisotopic (exact) mass is 291 g/mol. The third kappa shape index (κ3) is 2.51. The number of hydrogen-bond acceptors (Lipinski definition) is 4. The summed E-state index contributed by atoms with van der Waals surface area (Å²) in [5.41, 5.74) is -0.00922. The van der Waals surface area contributed by atoms with E-state index in [0.29, 0.717) is 23.7 Å². The summed E-state index contributed by atoms with van der Waals surface area (Å²) >= 11 is 0. The van der Waals surface area contributed by atoms with Gasteiger partial charge in [0.05, 0.1) is 0 Å². The van der Waals surface area contributed by atoms with Crippen LogP contribution in [0, 0.1) is 0 Å². The van der Waals surface area contributed by atoms with Crippen molar-refractivity contribution in [1.29, 1.82) is 0 Å². The van der Waals surface area contributed by atoms with Crippen molar-refractivity contribution in [2.24, 2.45) is 7.05 Å². The number of imidazole rings is 1. The van der Waals surface area contributed by atoms with Gasteiger partial charge in [0.1, 0.15) is 0 Å². The quantitative estimate of drug-likeness (QED) is 0.829. The molecule has 0 atom stereocenters. The molecule has 2 aromatic rings. The smallest absolute Gasteiger partial charge is 0.329 e. The zero-order valence-corrected chi connectivity index (χ0v) is 12.9. The summed E-state index contributed by atoms with van der Waals surface area (Å²) in [4.78, 5) is 32.8. The maximum absolute atomic E-state index is 12.2. The first-order chi connectivity index (χ1) is 10.0. The minimum absolute atomic E-state index is 0.400. The predicted octanol–water partition coefficient (Wildman–Crippen LogP) is 0.846. The van der Waals surface area contributed by atoms with Gasteiger partial charge in [-0.15, -0.1) is 0 Å². The van der Waals surface area contributed by atoms with Crippen LogP contribution in [0.3, 0.4) is 0 Å². The third-order valence-corrected chi connectivity index (χ3v) is 3.56. The number of anilines is 1. The Hall–Kier alpha value is -2.31. The highest BCUT2D eigenvalue weighted by molar-refractivity contribution is 5.74. The Balaban J connectivity index is 2.85. The van der Waals surface area contributed by atoms with Crippen LogP contribution in [0.2, 0.25) is 0 Å². The maximum Gasteiger partial charge on any atom is 0.329 e. The van der Waals surface area contributed by atoms with E-state index in [4.69, 9.17) is 0 Å². The fraction of sp³-hybridized carbons (Fsp3) is 0.500. The van der Waals surface area contributed by atoms with Gasteiger partial charge in [0.2, 0.25) is 5.95 Å². The van der Waals surface area contributed by atoms with Gasteiger partial charge in [-0.25, -0.2) is 4.79 Å². The van der Waals surface area contributed by atoms with Gasteiger partial charge in [-0.1, -0.05) is 12.2 Å². The van der Waals surface area contributed by atoms with E-state index in [1.807, 2.05) is 37.5 Å². The first kappa shape index (κ1) is 15.1. The van der Waals surface area contributed by atoms with Gasteiger partial charge in [0.25, 0.3) is 5.56 Å². The van der Waals surface area contributed by atoms with Crippen molar-refractivity contribution in [2.45, 2.75) is 27.3 Å². The second kappa shape index (κ2) is 5.99. The Kier molecular flexibility index (Phi) is 4.30. The normalized spacial score (nSPS) is 11.6. The van der Waals surface area contributed by atoms with Crippen LogP contribution in [-0.2, 0) is 13.6 Å². The van der Waals surface area contributed by atoms with Crippen LogP contribution >= 0.6 is 0 Å². The van der Waals surface area contributed by atoms with E-state index in [1.165, 1.54) is 4.57 Å². The molecule has 0 spiro atoms. The Morgan fingerprint density at radius 3 is 2.52 bits per heavy atom. The van der Waals surface area contributed by atoms with E-state index in [-0.39, 0.29) is 0 Å². The summed E-state index contributed by atoms with van der Waals surface area (Å²) in [5.74, 6) is 0.708. The summed E-state index contributed by atoms with van der Waals surface area (Å²) in [5, 5.41) is 0. The average Bonchev–Trinajstić information content (AvgIpc) is 2.84. The van der Waals surface area contributed by atoms with E-state index in [9.17, 15) is 9.59 Å². The van der Waals surface area contributed by atoms with Crippen LogP contribution in [-0.4, -0.2) is 32.2 Å². The molecule has 2 heterocycles. The lowest BCUT2D eigenvalue weighted by Crippen LogP contribution is -2.29. The van der Waals surface area contributed by atoms with Gasteiger partial charge in [0.15, 0.2) is 11.2 Å². The van der Waals surface area contributed by atoms with E-state index >= 15 is 0 Å². The van der Waals surface area contributed by atoms with Crippen molar-refractivity contribution in [3.8, 4) is 0 Å². The Morgan fingerprint density at radius 2 is 1.95 bits per heavy atom. The molecule has 0 saturated heterocycles. The second-order valence-corrected chi connectivity index (χ2v) is 4.75. The molecule has 0 radical (unpaired) electrons. The highest BCUT2D eigenvalue weighted by atomic mass is 16.2. The highest BCUT2D eigenvalue weighted by Gasteiger charge is 2.19. The van der Waals surface area contributed by atoms with E-state index in [1.54, 1.807) is 7.05 Å². The molecule has 7 heteroatoms. The number of hydrogen-bond donors (Lipinski definition) is 1. The van der Waals surface area contributed by atoms with Crippen molar-refractivity contribution < 1.29 is 0 Å². The summed E-state index contributed by atoms with van der Waals surface area (Å²) < 4.78 is 3.22. The number of rotatable bonds is 5. The van der Waals surface area contributed by atoms with Crippen LogP contribution in [0.4, 0.5) is 5.95 Å². The molecule has 0 aliphatic rings. The molecule has 1 N–H and O–H groups in total. The Labute approximate surface area is 122 Å². The summed E-state index contributed by atoms with van der Waals surface area (Å²) in [6.45, 7) is 8.09. The molecule has 2 rings (SSSR count). The highest BCUT2D eigenvalue weighted by Crippen LogP contribution is 2.19. The number of allylic oxidation sites excluding steroid dienone is 2. The van der Waals surface area contributed by atoms with Crippen molar-refractivity contribution >= 4 is 17.1 Å². The van der Waals surface area contributed by atoms with E-state index in [2.05, 4.69) is 14.9 Å². The molecular formula is C14H21N5O2. The van der Waals surface area contributed by atoms with Crippen molar-refractivity contribution in [3.05, 3.63) is 33.0 Å². The molecule has 0 saturated carbocycles. The fourth-order valence-corrected chi connectivity index (χ4v) is 2.35. The van der Waals surface area contributed by atoms with E-state index in [0.717, 1.165) is 13.1 Å². The van der Waals surface area contributed by atoms with Crippen molar-refractivity contribution in [3.63, 3.8) is 0 Å². The molecule has 0 amide bonds. The largest absolute Gasteiger partial charge is 0.343 e. The maximum atomic E-state index is 12.2. The molecule has 0 aliphatic heterocycles. The van der Waals surface area contributed by atoms with Crippen molar-refractivity contribution in [1.82, 2.24) is 19.1 Å². The Bertz CT molecular complexity index is 777. The topological polar surface area (TPSA) is 75.9 Å². The number of nitrogens with one attached hydrogen (secondary N) is 1. The minimum atomic E-state index is -0.450. The Morgan fingerprint density at radius 1 is 1.29 bits per heavy atom. The van der Waals surface area contributed by atoms with Gasteiger partial charge < -0.3 is 9.47 Å². The van der Waals surface area contributed by atoms with Crippen LogP contribution in [0.25, 0.3) is 11.2 Å². The van der Waals surface area contributed by atoms with Crippen molar-refractivity contribution in [2.75, 3.05) is 18.0 Å². The summed E-state index contributed by atoms with van der Waals surface area (Å²) in [6.07, 6.45) is 3.88. The van der Waals surface area contributed by atoms with Gasteiger partial charge in [0, 0.05) is 26.7 Å². The number of nitrogens with zero attached hydrogens (tertiary/aromatic N) is 4. The molecule has 7 nitrogen and oxygen atoms in total. The average molecular weight is 291 g/mol. The van der Waals surface area contributed by atoms with Gasteiger partial charge >= 0.3 is 5.69 Å². The van der Waals surface area contributed by atoms with E-state index < -0.39 is 11.2 Å². The standard InChI is InChI=1S/C14H21N5O2/c1-5-8-9-19-10-11(15-13(19)18(6-2)7-3)17(4)14(21)16-12(10)20/h5,8H,6-7,9H2,1-4H3,(H,16,20,21). The lowest BCUT2D eigenvalue weighted by molar-refractivity contribution is 0.754. The molecule has 0 unspecified atom stereocenters. The number of aryl methyl sites for hydroxylation is 1. The lowest BCUT2D eigenvalue weighted by atomic mass is 10.4. The lowest BCUT2D eigenvalue weighted by Gasteiger charge is -2.20. The number of fused-ring (bicyclic) bond motifs is 1.